The highest BCUT2D eigenvalue weighted by atomic mass is 32.1. The molecule has 1 saturated carbocycles. The number of aryl methyl sites for hydroxylation is 2. The van der Waals surface area contributed by atoms with Crippen molar-refractivity contribution in [2.45, 2.75) is 64.3 Å². The van der Waals surface area contributed by atoms with Gasteiger partial charge in [0.25, 0.3) is 0 Å². The van der Waals surface area contributed by atoms with E-state index in [1.165, 1.54) is 37.1 Å². The molecule has 1 aliphatic carbocycles. The van der Waals surface area contributed by atoms with Crippen LogP contribution in [-0.4, -0.2) is 67.3 Å². The summed E-state index contributed by atoms with van der Waals surface area (Å²) in [7, 11) is 0. The van der Waals surface area contributed by atoms with E-state index < -0.39 is 0 Å². The lowest BCUT2D eigenvalue weighted by atomic mass is 9.80. The largest absolute Gasteiger partial charge is 0.379 e. The second-order valence-corrected chi connectivity index (χ2v) is 8.94. The van der Waals surface area contributed by atoms with Crippen molar-refractivity contribution in [3.05, 3.63) is 16.1 Å². The normalized spacial score (nSPS) is 20.9. The number of nitrogens with zero attached hydrogens (tertiary/aromatic N) is 3. The summed E-state index contributed by atoms with van der Waals surface area (Å²) in [6.07, 6.45) is 8.64. The fourth-order valence-corrected chi connectivity index (χ4v) is 5.17. The summed E-state index contributed by atoms with van der Waals surface area (Å²) in [6.45, 7) is 10.7. The van der Waals surface area contributed by atoms with Gasteiger partial charge in [0.05, 0.1) is 24.8 Å². The molecular formula is C21H37N5OS. The zero-order valence-corrected chi connectivity index (χ0v) is 18.5. The third-order valence-electron chi connectivity index (χ3n) is 5.87. The van der Waals surface area contributed by atoms with Gasteiger partial charge < -0.3 is 15.4 Å². The van der Waals surface area contributed by atoms with Gasteiger partial charge in [0.15, 0.2) is 5.96 Å². The van der Waals surface area contributed by atoms with Gasteiger partial charge in [-0.25, -0.2) is 4.98 Å². The Bertz CT molecular complexity index is 606. The Morgan fingerprint density at radius 2 is 2.04 bits per heavy atom. The minimum Gasteiger partial charge on any atom is -0.379 e. The fourth-order valence-electron chi connectivity index (χ4n) is 4.35. The highest BCUT2D eigenvalue weighted by Gasteiger charge is 2.38. The quantitative estimate of drug-likeness (QED) is 0.394. The number of aliphatic imine (C=N–C) groups is 1. The number of thiazole rings is 1. The maximum atomic E-state index is 5.60. The van der Waals surface area contributed by atoms with Gasteiger partial charge in [-0.1, -0.05) is 19.3 Å². The van der Waals surface area contributed by atoms with Crippen LogP contribution in [0.2, 0.25) is 0 Å². The van der Waals surface area contributed by atoms with Crippen molar-refractivity contribution in [2.24, 2.45) is 4.99 Å². The molecule has 0 unspecified atom stereocenters. The van der Waals surface area contributed by atoms with Crippen molar-refractivity contribution in [1.29, 1.82) is 0 Å². The van der Waals surface area contributed by atoms with Gasteiger partial charge >= 0.3 is 0 Å². The van der Waals surface area contributed by atoms with Crippen LogP contribution in [0, 0.1) is 6.92 Å². The first kappa shape index (κ1) is 21.5. The highest BCUT2D eigenvalue weighted by Crippen LogP contribution is 2.34. The van der Waals surface area contributed by atoms with E-state index in [0.29, 0.717) is 0 Å². The van der Waals surface area contributed by atoms with Gasteiger partial charge in [-0.2, -0.15) is 0 Å². The van der Waals surface area contributed by atoms with Crippen LogP contribution in [-0.2, 0) is 11.2 Å². The van der Waals surface area contributed by atoms with E-state index in [4.69, 9.17) is 9.73 Å². The molecule has 2 N–H and O–H groups in total. The van der Waals surface area contributed by atoms with E-state index in [1.54, 1.807) is 11.3 Å². The molecule has 1 aromatic heterocycles. The van der Waals surface area contributed by atoms with Gasteiger partial charge in [-0.3, -0.25) is 9.89 Å². The SMILES string of the molecule is CCNC(=NCC1(N2CCOCC2)CCCCC1)NCCCc1nc(C)cs1. The summed E-state index contributed by atoms with van der Waals surface area (Å²) >= 11 is 1.76. The molecule has 2 aliphatic rings. The molecule has 1 aliphatic heterocycles. The first-order chi connectivity index (χ1) is 13.7. The molecule has 6 nitrogen and oxygen atoms in total. The number of nitrogens with one attached hydrogen (secondary N) is 2. The van der Waals surface area contributed by atoms with Crippen LogP contribution >= 0.6 is 11.3 Å². The third kappa shape index (κ3) is 6.16. The molecule has 0 atom stereocenters. The number of guanidine groups is 1. The Morgan fingerprint density at radius 1 is 1.25 bits per heavy atom. The van der Waals surface area contributed by atoms with Gasteiger partial charge in [0.2, 0.25) is 0 Å². The highest BCUT2D eigenvalue weighted by molar-refractivity contribution is 7.09. The Morgan fingerprint density at radius 3 is 2.71 bits per heavy atom. The average Bonchev–Trinajstić information content (AvgIpc) is 3.15. The number of ether oxygens (including phenoxy) is 1. The smallest absolute Gasteiger partial charge is 0.191 e. The summed E-state index contributed by atoms with van der Waals surface area (Å²) in [5.41, 5.74) is 1.35. The predicted octanol–water partition coefficient (Wildman–Crippen LogP) is 2.97. The van der Waals surface area contributed by atoms with Crippen molar-refractivity contribution in [3.63, 3.8) is 0 Å². The molecule has 0 spiro atoms. The first-order valence-corrected chi connectivity index (χ1v) is 11.9. The van der Waals surface area contributed by atoms with E-state index in [-0.39, 0.29) is 5.54 Å². The van der Waals surface area contributed by atoms with Crippen molar-refractivity contribution in [1.82, 2.24) is 20.5 Å². The van der Waals surface area contributed by atoms with E-state index in [1.807, 2.05) is 0 Å². The second-order valence-electron chi connectivity index (χ2n) is 7.99. The Hall–Kier alpha value is -1.18. The number of rotatable bonds is 8. The number of aromatic nitrogens is 1. The molecule has 158 valence electrons. The minimum atomic E-state index is 0.225. The van der Waals surface area contributed by atoms with Crippen LogP contribution in [0.25, 0.3) is 0 Å². The monoisotopic (exact) mass is 407 g/mol. The van der Waals surface area contributed by atoms with Crippen LogP contribution in [0.15, 0.2) is 10.4 Å². The number of morpholine rings is 1. The summed E-state index contributed by atoms with van der Waals surface area (Å²) in [5.74, 6) is 0.955. The summed E-state index contributed by atoms with van der Waals surface area (Å²) in [5, 5.41) is 10.3. The van der Waals surface area contributed by atoms with Crippen molar-refractivity contribution < 1.29 is 4.74 Å². The standard InChI is InChI=1S/C21H37N5OS/c1-3-22-20(23-11-7-8-19-25-18(2)16-28-19)24-17-21(9-5-4-6-10-21)26-12-14-27-15-13-26/h16H,3-15,17H2,1-2H3,(H2,22,23,24). The Kier molecular flexibility index (Phi) is 8.55. The van der Waals surface area contributed by atoms with Crippen molar-refractivity contribution in [3.8, 4) is 0 Å². The lowest BCUT2D eigenvalue weighted by Gasteiger charge is -2.47. The van der Waals surface area contributed by atoms with E-state index in [9.17, 15) is 0 Å². The lowest BCUT2D eigenvalue weighted by Crippen LogP contribution is -2.56. The molecule has 3 rings (SSSR count). The summed E-state index contributed by atoms with van der Waals surface area (Å²) in [4.78, 5) is 12.2. The second kappa shape index (κ2) is 11.1. The molecule has 0 amide bonds. The van der Waals surface area contributed by atoms with E-state index in [2.05, 4.69) is 39.7 Å². The molecule has 1 saturated heterocycles. The minimum absolute atomic E-state index is 0.225. The summed E-state index contributed by atoms with van der Waals surface area (Å²) < 4.78 is 5.60. The summed E-state index contributed by atoms with van der Waals surface area (Å²) in [6, 6.07) is 0. The molecule has 0 bridgehead atoms. The topological polar surface area (TPSA) is 61.8 Å². The molecule has 2 fully saturated rings. The Balaban J connectivity index is 1.54. The van der Waals surface area contributed by atoms with Gasteiger partial charge in [0.1, 0.15) is 0 Å². The maximum absolute atomic E-state index is 5.60. The molecule has 2 heterocycles. The molecule has 0 radical (unpaired) electrons. The first-order valence-electron chi connectivity index (χ1n) is 11.0. The van der Waals surface area contributed by atoms with Crippen LogP contribution in [0.5, 0.6) is 0 Å². The fraction of sp³-hybridized carbons (Fsp3) is 0.810. The predicted molar refractivity (Wildman–Crippen MR) is 117 cm³/mol. The molecule has 28 heavy (non-hydrogen) atoms. The Labute approximate surface area is 174 Å². The average molecular weight is 408 g/mol. The third-order valence-corrected chi connectivity index (χ3v) is 6.89. The van der Waals surface area contributed by atoms with Crippen molar-refractivity contribution in [2.75, 3.05) is 45.9 Å². The zero-order chi connectivity index (χ0) is 19.7. The van der Waals surface area contributed by atoms with Gasteiger partial charge in [-0.05, 0) is 33.1 Å². The van der Waals surface area contributed by atoms with Crippen LogP contribution in [0.1, 0.15) is 56.2 Å². The van der Waals surface area contributed by atoms with Crippen LogP contribution < -0.4 is 10.6 Å². The van der Waals surface area contributed by atoms with Crippen LogP contribution in [0.4, 0.5) is 0 Å². The van der Waals surface area contributed by atoms with Crippen LogP contribution in [0.3, 0.4) is 0 Å². The molecular weight excluding hydrogens is 370 g/mol. The number of hydrogen-bond donors (Lipinski definition) is 2. The van der Waals surface area contributed by atoms with Gasteiger partial charge in [0, 0.05) is 49.2 Å². The van der Waals surface area contributed by atoms with Gasteiger partial charge in [-0.15, -0.1) is 11.3 Å². The number of hydrogen-bond acceptors (Lipinski definition) is 5. The maximum Gasteiger partial charge on any atom is 0.191 e. The molecule has 0 aromatic carbocycles. The lowest BCUT2D eigenvalue weighted by molar-refractivity contribution is -0.0333. The van der Waals surface area contributed by atoms with Crippen molar-refractivity contribution >= 4 is 17.3 Å². The van der Waals surface area contributed by atoms with E-state index >= 15 is 0 Å². The molecule has 7 heteroatoms. The molecule has 1 aromatic rings. The van der Waals surface area contributed by atoms with E-state index in [0.717, 1.165) is 70.4 Å². The zero-order valence-electron chi connectivity index (χ0n) is 17.6.